The molecule has 3 fully saturated rings. The smallest absolute Gasteiger partial charge is 0.227 e. The number of piperazine rings is 1. The lowest BCUT2D eigenvalue weighted by molar-refractivity contribution is -0.137. The van der Waals surface area contributed by atoms with Crippen molar-refractivity contribution in [2.45, 2.75) is 38.0 Å². The van der Waals surface area contributed by atoms with Gasteiger partial charge in [-0.05, 0) is 24.3 Å². The zero-order chi connectivity index (χ0) is 17.9. The molecule has 1 N–H and O–H groups in total. The first-order valence-electron chi connectivity index (χ1n) is 10.4. The highest BCUT2D eigenvalue weighted by atomic mass is 16.2. The monoisotopic (exact) mass is 359 g/mol. The summed E-state index contributed by atoms with van der Waals surface area (Å²) >= 11 is 0. The van der Waals surface area contributed by atoms with E-state index in [1.54, 1.807) is 0 Å². The highest BCUT2D eigenvalue weighted by molar-refractivity contribution is 5.80. The van der Waals surface area contributed by atoms with Crippen molar-refractivity contribution >= 4 is 5.91 Å². The summed E-state index contributed by atoms with van der Waals surface area (Å²) in [5.41, 5.74) is 1.19. The fourth-order valence-electron chi connectivity index (χ4n) is 5.04. The summed E-state index contributed by atoms with van der Waals surface area (Å²) < 4.78 is 1.83. The molecule has 1 aromatic rings. The minimum atomic E-state index is 0.0593. The van der Waals surface area contributed by atoms with Crippen LogP contribution in [-0.2, 0) is 11.8 Å². The highest BCUT2D eigenvalue weighted by Crippen LogP contribution is 2.30. The van der Waals surface area contributed by atoms with Crippen LogP contribution in [0, 0.1) is 11.8 Å². The van der Waals surface area contributed by atoms with Gasteiger partial charge in [0.15, 0.2) is 0 Å². The lowest BCUT2D eigenvalue weighted by atomic mass is 9.88. The van der Waals surface area contributed by atoms with E-state index in [0.717, 1.165) is 45.2 Å². The molecule has 4 rings (SSSR count). The molecule has 1 amide bonds. The predicted molar refractivity (Wildman–Crippen MR) is 102 cm³/mol. The van der Waals surface area contributed by atoms with Gasteiger partial charge in [0.1, 0.15) is 0 Å². The van der Waals surface area contributed by atoms with Crippen LogP contribution in [0.2, 0.25) is 0 Å². The Morgan fingerprint density at radius 3 is 2.62 bits per heavy atom. The van der Waals surface area contributed by atoms with Gasteiger partial charge in [-0.1, -0.05) is 19.3 Å². The molecule has 144 valence electrons. The number of aromatic nitrogens is 2. The van der Waals surface area contributed by atoms with Gasteiger partial charge in [-0.3, -0.25) is 14.4 Å². The first-order chi connectivity index (χ1) is 12.7. The van der Waals surface area contributed by atoms with Crippen LogP contribution in [0.15, 0.2) is 12.4 Å². The van der Waals surface area contributed by atoms with Gasteiger partial charge >= 0.3 is 0 Å². The van der Waals surface area contributed by atoms with E-state index in [1.165, 1.54) is 44.2 Å². The number of carbonyl (C=O) groups excluding carboxylic acids is 1. The van der Waals surface area contributed by atoms with Crippen molar-refractivity contribution in [1.82, 2.24) is 24.9 Å². The third-order valence-corrected chi connectivity index (χ3v) is 6.61. The van der Waals surface area contributed by atoms with E-state index in [0.29, 0.717) is 5.91 Å². The molecular formula is C20H33N5O. The second kappa shape index (κ2) is 8.09. The van der Waals surface area contributed by atoms with Gasteiger partial charge in [0.2, 0.25) is 5.91 Å². The Hall–Kier alpha value is -1.40. The van der Waals surface area contributed by atoms with E-state index in [2.05, 4.69) is 26.4 Å². The van der Waals surface area contributed by atoms with Crippen LogP contribution in [0.4, 0.5) is 0 Å². The minimum Gasteiger partial charge on any atom is -0.340 e. The first-order valence-corrected chi connectivity index (χ1v) is 10.4. The number of amides is 1. The van der Waals surface area contributed by atoms with Crippen LogP contribution in [0.5, 0.6) is 0 Å². The summed E-state index contributed by atoms with van der Waals surface area (Å²) in [6, 6.07) is 0. The predicted octanol–water partition coefficient (Wildman–Crippen LogP) is 1.45. The first kappa shape index (κ1) is 18.0. The van der Waals surface area contributed by atoms with Gasteiger partial charge in [0.25, 0.3) is 0 Å². The van der Waals surface area contributed by atoms with E-state index in [4.69, 9.17) is 0 Å². The summed E-state index contributed by atoms with van der Waals surface area (Å²) in [7, 11) is 1.94. The topological polar surface area (TPSA) is 53.4 Å². The molecular weight excluding hydrogens is 326 g/mol. The maximum atomic E-state index is 13.1. The molecule has 0 bridgehead atoms. The van der Waals surface area contributed by atoms with Gasteiger partial charge in [0, 0.05) is 65.0 Å². The molecule has 6 heteroatoms. The molecule has 0 radical (unpaired) electrons. The summed E-state index contributed by atoms with van der Waals surface area (Å²) in [5.74, 6) is 1.54. The second-order valence-electron chi connectivity index (χ2n) is 8.45. The van der Waals surface area contributed by atoms with Crippen molar-refractivity contribution in [2.75, 3.05) is 45.8 Å². The van der Waals surface area contributed by atoms with E-state index in [9.17, 15) is 4.79 Å². The third kappa shape index (κ3) is 3.96. The molecule has 1 saturated carbocycles. The maximum Gasteiger partial charge on any atom is 0.227 e. The summed E-state index contributed by atoms with van der Waals surface area (Å²) in [6.07, 6.45) is 11.0. The van der Waals surface area contributed by atoms with Crippen LogP contribution >= 0.6 is 0 Å². The summed E-state index contributed by atoms with van der Waals surface area (Å²) in [5, 5.41) is 7.71. The van der Waals surface area contributed by atoms with Gasteiger partial charge < -0.3 is 10.2 Å². The van der Waals surface area contributed by atoms with Crippen LogP contribution < -0.4 is 5.32 Å². The number of nitrogens with one attached hydrogen (secondary N) is 1. The SMILES string of the molecule is Cn1cc([C@H]2CNC[C@@H]2C(=O)N2CCN(CC3CCCCC3)CC2)cn1. The molecule has 1 aliphatic carbocycles. The van der Waals surface area contributed by atoms with Crippen LogP contribution in [0.3, 0.4) is 0 Å². The number of hydrogen-bond donors (Lipinski definition) is 1. The van der Waals surface area contributed by atoms with E-state index in [-0.39, 0.29) is 11.8 Å². The average molecular weight is 360 g/mol. The van der Waals surface area contributed by atoms with Crippen molar-refractivity contribution in [3.8, 4) is 0 Å². The van der Waals surface area contributed by atoms with Crippen LogP contribution in [0.25, 0.3) is 0 Å². The lowest BCUT2D eigenvalue weighted by Gasteiger charge is -2.38. The van der Waals surface area contributed by atoms with Crippen molar-refractivity contribution in [3.05, 3.63) is 18.0 Å². The third-order valence-electron chi connectivity index (χ3n) is 6.61. The van der Waals surface area contributed by atoms with E-state index in [1.807, 2.05) is 17.9 Å². The fraction of sp³-hybridized carbons (Fsp3) is 0.800. The lowest BCUT2D eigenvalue weighted by Crippen LogP contribution is -2.52. The van der Waals surface area contributed by atoms with Crippen molar-refractivity contribution in [1.29, 1.82) is 0 Å². The Labute approximate surface area is 156 Å². The van der Waals surface area contributed by atoms with Gasteiger partial charge in [-0.15, -0.1) is 0 Å². The van der Waals surface area contributed by atoms with Crippen molar-refractivity contribution < 1.29 is 4.79 Å². The largest absolute Gasteiger partial charge is 0.340 e. The molecule has 2 saturated heterocycles. The standard InChI is InChI=1S/C20H33N5O/c1-23-15-17(11-22-23)18-12-21-13-19(18)20(26)25-9-7-24(8-10-25)14-16-5-3-2-4-6-16/h11,15-16,18-19,21H,2-10,12-14H2,1H3/t18-,19+/m1/s1. The Kier molecular flexibility index (Phi) is 5.60. The Morgan fingerprint density at radius 2 is 1.92 bits per heavy atom. The Bertz CT molecular complexity index is 601. The van der Waals surface area contributed by atoms with Crippen molar-refractivity contribution in [3.63, 3.8) is 0 Å². The molecule has 2 atom stereocenters. The van der Waals surface area contributed by atoms with Gasteiger partial charge in [-0.25, -0.2) is 0 Å². The molecule has 2 aliphatic heterocycles. The normalized spacial score (nSPS) is 28.6. The molecule has 3 aliphatic rings. The molecule has 6 nitrogen and oxygen atoms in total. The van der Waals surface area contributed by atoms with Crippen molar-refractivity contribution in [2.24, 2.45) is 18.9 Å². The van der Waals surface area contributed by atoms with E-state index < -0.39 is 0 Å². The maximum absolute atomic E-state index is 13.1. The molecule has 3 heterocycles. The molecule has 0 spiro atoms. The molecule has 26 heavy (non-hydrogen) atoms. The second-order valence-corrected chi connectivity index (χ2v) is 8.45. The molecule has 0 unspecified atom stereocenters. The highest BCUT2D eigenvalue weighted by Gasteiger charge is 2.37. The fourth-order valence-corrected chi connectivity index (χ4v) is 5.04. The zero-order valence-corrected chi connectivity index (χ0v) is 16.1. The Balaban J connectivity index is 1.30. The van der Waals surface area contributed by atoms with Crippen LogP contribution in [0.1, 0.15) is 43.6 Å². The van der Waals surface area contributed by atoms with Crippen LogP contribution in [-0.4, -0.2) is 71.3 Å². The minimum absolute atomic E-state index is 0.0593. The number of rotatable bonds is 4. The average Bonchev–Trinajstić information content (AvgIpc) is 3.31. The molecule has 1 aromatic heterocycles. The number of carbonyl (C=O) groups is 1. The van der Waals surface area contributed by atoms with E-state index >= 15 is 0 Å². The Morgan fingerprint density at radius 1 is 1.15 bits per heavy atom. The molecule has 0 aromatic carbocycles. The number of aryl methyl sites for hydroxylation is 1. The van der Waals surface area contributed by atoms with Gasteiger partial charge in [0.05, 0.1) is 12.1 Å². The quantitative estimate of drug-likeness (QED) is 0.884. The summed E-state index contributed by atoms with van der Waals surface area (Å²) in [6.45, 7) is 6.78. The summed E-state index contributed by atoms with van der Waals surface area (Å²) in [4.78, 5) is 17.8. The zero-order valence-electron chi connectivity index (χ0n) is 16.1. The number of hydrogen-bond acceptors (Lipinski definition) is 4. The van der Waals surface area contributed by atoms with Gasteiger partial charge in [-0.2, -0.15) is 5.10 Å². The number of nitrogens with zero attached hydrogens (tertiary/aromatic N) is 4.